The molecule has 76 valence electrons. The van der Waals surface area contributed by atoms with E-state index in [1.54, 1.807) is 6.07 Å². The van der Waals surface area contributed by atoms with Gasteiger partial charge in [0, 0.05) is 13.1 Å². The van der Waals surface area contributed by atoms with E-state index in [-0.39, 0.29) is 5.82 Å². The molecule has 1 aromatic carbocycles. The molecule has 0 saturated carbocycles. The van der Waals surface area contributed by atoms with Gasteiger partial charge in [-0.15, -0.1) is 0 Å². The number of halogens is 1. The largest absolute Gasteiger partial charge is 0.356 e. The molecular formula is C11H10FN3. The molecular weight excluding hydrogens is 193 g/mol. The average molecular weight is 203 g/mol. The molecule has 3 rings (SSSR count). The molecule has 0 aliphatic carbocycles. The highest BCUT2D eigenvalue weighted by atomic mass is 19.1. The molecule has 2 aromatic rings. The van der Waals surface area contributed by atoms with Crippen LogP contribution in [0.3, 0.4) is 0 Å². The van der Waals surface area contributed by atoms with Gasteiger partial charge in [0.1, 0.15) is 18.0 Å². The number of aromatic nitrogens is 2. The van der Waals surface area contributed by atoms with E-state index in [0.29, 0.717) is 10.9 Å². The third-order valence-corrected chi connectivity index (χ3v) is 2.75. The van der Waals surface area contributed by atoms with Crippen LogP contribution in [0, 0.1) is 5.82 Å². The van der Waals surface area contributed by atoms with E-state index < -0.39 is 0 Å². The molecule has 3 nitrogen and oxygen atoms in total. The first kappa shape index (κ1) is 8.59. The fourth-order valence-corrected chi connectivity index (χ4v) is 1.82. The highest BCUT2D eigenvalue weighted by molar-refractivity contribution is 5.90. The summed E-state index contributed by atoms with van der Waals surface area (Å²) >= 11 is 0. The molecule has 1 saturated heterocycles. The summed E-state index contributed by atoms with van der Waals surface area (Å²) in [6, 6.07) is 4.93. The Bertz CT molecular complexity index is 503. The lowest BCUT2D eigenvalue weighted by Crippen LogP contribution is -2.37. The van der Waals surface area contributed by atoms with Crippen LogP contribution >= 0.6 is 0 Å². The molecule has 0 N–H and O–H groups in total. The van der Waals surface area contributed by atoms with E-state index in [9.17, 15) is 4.39 Å². The molecule has 1 aromatic heterocycles. The van der Waals surface area contributed by atoms with Gasteiger partial charge in [-0.1, -0.05) is 6.07 Å². The third-order valence-electron chi connectivity index (χ3n) is 2.75. The number of anilines is 1. The molecule has 1 fully saturated rings. The van der Waals surface area contributed by atoms with Gasteiger partial charge in [0.25, 0.3) is 0 Å². The summed E-state index contributed by atoms with van der Waals surface area (Å²) in [6.07, 6.45) is 2.65. The van der Waals surface area contributed by atoms with Crippen LogP contribution in [0.15, 0.2) is 24.5 Å². The van der Waals surface area contributed by atoms with Crippen molar-refractivity contribution >= 4 is 16.7 Å². The first-order valence-corrected chi connectivity index (χ1v) is 5.00. The van der Waals surface area contributed by atoms with Crippen LogP contribution in [0.4, 0.5) is 10.2 Å². The average Bonchev–Trinajstić information content (AvgIpc) is 2.15. The highest BCUT2D eigenvalue weighted by Crippen LogP contribution is 2.28. The second kappa shape index (κ2) is 3.15. The van der Waals surface area contributed by atoms with Crippen LogP contribution in [0.2, 0.25) is 0 Å². The monoisotopic (exact) mass is 203 g/mol. The highest BCUT2D eigenvalue weighted by Gasteiger charge is 2.19. The summed E-state index contributed by atoms with van der Waals surface area (Å²) in [7, 11) is 0. The predicted octanol–water partition coefficient (Wildman–Crippen LogP) is 1.98. The summed E-state index contributed by atoms with van der Waals surface area (Å²) in [6.45, 7) is 1.92. The van der Waals surface area contributed by atoms with Crippen molar-refractivity contribution in [3.05, 3.63) is 30.3 Å². The molecule has 0 radical (unpaired) electrons. The number of fused-ring (bicyclic) bond motifs is 1. The lowest BCUT2D eigenvalue weighted by Gasteiger charge is -2.32. The predicted molar refractivity (Wildman–Crippen MR) is 56.3 cm³/mol. The number of nitrogens with zero attached hydrogens (tertiary/aromatic N) is 3. The van der Waals surface area contributed by atoms with Crippen molar-refractivity contribution in [3.8, 4) is 0 Å². The smallest absolute Gasteiger partial charge is 0.142 e. The van der Waals surface area contributed by atoms with Crippen molar-refractivity contribution in [1.29, 1.82) is 0 Å². The van der Waals surface area contributed by atoms with E-state index in [1.807, 2.05) is 6.07 Å². The number of rotatable bonds is 1. The van der Waals surface area contributed by atoms with Gasteiger partial charge in [-0.05, 0) is 18.6 Å². The Labute approximate surface area is 86.6 Å². The van der Waals surface area contributed by atoms with Crippen molar-refractivity contribution < 1.29 is 4.39 Å². The third kappa shape index (κ3) is 1.25. The summed E-state index contributed by atoms with van der Waals surface area (Å²) in [5, 5.41) is 0.541. The molecule has 0 amide bonds. The second-order valence-corrected chi connectivity index (χ2v) is 3.67. The zero-order valence-corrected chi connectivity index (χ0v) is 8.15. The van der Waals surface area contributed by atoms with Crippen molar-refractivity contribution in [3.63, 3.8) is 0 Å². The van der Waals surface area contributed by atoms with Crippen LogP contribution in [0.5, 0.6) is 0 Å². The van der Waals surface area contributed by atoms with Crippen molar-refractivity contribution in [2.45, 2.75) is 6.42 Å². The number of hydrogen-bond acceptors (Lipinski definition) is 3. The fraction of sp³-hybridized carbons (Fsp3) is 0.273. The Morgan fingerprint density at radius 2 is 2.07 bits per heavy atom. The minimum atomic E-state index is -0.241. The first-order chi connectivity index (χ1) is 7.36. The van der Waals surface area contributed by atoms with Crippen LogP contribution in [-0.2, 0) is 0 Å². The molecule has 0 bridgehead atoms. The van der Waals surface area contributed by atoms with Gasteiger partial charge >= 0.3 is 0 Å². The quantitative estimate of drug-likeness (QED) is 0.709. The maximum atomic E-state index is 13.7. The maximum absolute atomic E-state index is 13.7. The molecule has 1 aliphatic heterocycles. The standard InChI is InChI=1S/C11H10FN3/c12-8-3-1-4-9-10(8)11(14-7-13-9)15-5-2-6-15/h1,3-4,7H,2,5-6H2. The lowest BCUT2D eigenvalue weighted by molar-refractivity contribution is 0.605. The van der Waals surface area contributed by atoms with Gasteiger partial charge in [0.15, 0.2) is 0 Å². The van der Waals surface area contributed by atoms with E-state index in [0.717, 1.165) is 25.3 Å². The minimum absolute atomic E-state index is 0.241. The van der Waals surface area contributed by atoms with Crippen molar-refractivity contribution in [2.75, 3.05) is 18.0 Å². The van der Waals surface area contributed by atoms with Crippen LogP contribution in [0.25, 0.3) is 10.9 Å². The Morgan fingerprint density at radius 1 is 1.20 bits per heavy atom. The van der Waals surface area contributed by atoms with Crippen LogP contribution in [0.1, 0.15) is 6.42 Å². The summed E-state index contributed by atoms with van der Waals surface area (Å²) < 4.78 is 13.7. The van der Waals surface area contributed by atoms with Crippen LogP contribution in [-0.4, -0.2) is 23.1 Å². The van der Waals surface area contributed by atoms with Crippen molar-refractivity contribution in [1.82, 2.24) is 9.97 Å². The van der Waals surface area contributed by atoms with Gasteiger partial charge in [0.2, 0.25) is 0 Å². The topological polar surface area (TPSA) is 29.0 Å². The molecule has 0 spiro atoms. The zero-order valence-electron chi connectivity index (χ0n) is 8.15. The Morgan fingerprint density at radius 3 is 2.80 bits per heavy atom. The fourth-order valence-electron chi connectivity index (χ4n) is 1.82. The molecule has 0 unspecified atom stereocenters. The molecule has 1 aliphatic rings. The van der Waals surface area contributed by atoms with Gasteiger partial charge in [-0.3, -0.25) is 0 Å². The second-order valence-electron chi connectivity index (χ2n) is 3.67. The lowest BCUT2D eigenvalue weighted by atomic mass is 10.1. The maximum Gasteiger partial charge on any atom is 0.142 e. The van der Waals surface area contributed by atoms with Crippen molar-refractivity contribution in [2.24, 2.45) is 0 Å². The number of benzene rings is 1. The molecule has 0 atom stereocenters. The van der Waals surface area contributed by atoms with Gasteiger partial charge in [-0.25, -0.2) is 14.4 Å². The Balaban J connectivity index is 2.28. The van der Waals surface area contributed by atoms with E-state index in [1.165, 1.54) is 12.4 Å². The zero-order chi connectivity index (χ0) is 10.3. The molecule has 2 heterocycles. The molecule has 4 heteroatoms. The van der Waals surface area contributed by atoms with E-state index in [2.05, 4.69) is 14.9 Å². The van der Waals surface area contributed by atoms with Crippen LogP contribution < -0.4 is 4.90 Å². The molecule has 15 heavy (non-hydrogen) atoms. The first-order valence-electron chi connectivity index (χ1n) is 5.00. The number of hydrogen-bond donors (Lipinski definition) is 0. The summed E-state index contributed by atoms with van der Waals surface area (Å²) in [5.41, 5.74) is 0.673. The van der Waals surface area contributed by atoms with E-state index >= 15 is 0 Å². The normalized spacial score (nSPS) is 15.4. The Kier molecular flexibility index (Phi) is 1.80. The van der Waals surface area contributed by atoms with E-state index in [4.69, 9.17) is 0 Å². The minimum Gasteiger partial charge on any atom is -0.356 e. The van der Waals surface area contributed by atoms with Gasteiger partial charge in [0.05, 0.1) is 10.9 Å². The Hall–Kier alpha value is -1.71. The SMILES string of the molecule is Fc1cccc2ncnc(N3CCC3)c12. The van der Waals surface area contributed by atoms with Gasteiger partial charge < -0.3 is 4.90 Å². The summed E-state index contributed by atoms with van der Waals surface area (Å²) in [5.74, 6) is 0.486. The van der Waals surface area contributed by atoms with Gasteiger partial charge in [-0.2, -0.15) is 0 Å². The summed E-state index contributed by atoms with van der Waals surface area (Å²) in [4.78, 5) is 10.3.